The van der Waals surface area contributed by atoms with Gasteiger partial charge >= 0.3 is 0 Å². The topological polar surface area (TPSA) is 123 Å². The number of nitrogens with one attached hydrogen (secondary N) is 2. The second kappa shape index (κ2) is 7.98. The molecule has 0 fully saturated rings. The molecule has 0 aliphatic carbocycles. The number of carbonyl (C=O) groups excluding carboxylic acids is 1. The number of benzene rings is 1. The third-order valence-corrected chi connectivity index (χ3v) is 4.95. The molecule has 3 rings (SSSR count). The summed E-state index contributed by atoms with van der Waals surface area (Å²) in [6.45, 7) is 4.14. The van der Waals surface area contributed by atoms with Crippen molar-refractivity contribution < 1.29 is 22.4 Å². The molecule has 0 aliphatic heterocycles. The molecule has 1 amide bonds. The van der Waals surface area contributed by atoms with Gasteiger partial charge in [0.2, 0.25) is 20.3 Å². The molecule has 0 atom stereocenters. The molecule has 0 radical (unpaired) electrons. The van der Waals surface area contributed by atoms with Crippen LogP contribution in [0.4, 0.5) is 10.3 Å². The van der Waals surface area contributed by atoms with Crippen LogP contribution < -0.4 is 14.8 Å². The summed E-state index contributed by atoms with van der Waals surface area (Å²) in [7, 11) is -3.46. The van der Waals surface area contributed by atoms with Crippen molar-refractivity contribution in [3.63, 3.8) is 0 Å². The second-order valence-electron chi connectivity index (χ2n) is 6.06. The van der Waals surface area contributed by atoms with E-state index in [4.69, 9.17) is 9.15 Å². The van der Waals surface area contributed by atoms with Gasteiger partial charge in [0.15, 0.2) is 5.76 Å². The summed E-state index contributed by atoms with van der Waals surface area (Å²) in [5.74, 6) is 0.779. The van der Waals surface area contributed by atoms with Gasteiger partial charge in [0.05, 0.1) is 6.26 Å². The van der Waals surface area contributed by atoms with E-state index in [1.165, 1.54) is 6.07 Å². The van der Waals surface area contributed by atoms with E-state index in [0.717, 1.165) is 34.5 Å². The second-order valence-corrected chi connectivity index (χ2v) is 8.79. The van der Waals surface area contributed by atoms with E-state index >= 15 is 0 Å². The maximum absolute atomic E-state index is 12.2. The molecular formula is C17H18N4O5S2. The van der Waals surface area contributed by atoms with E-state index < -0.39 is 15.9 Å². The Morgan fingerprint density at radius 2 is 1.93 bits per heavy atom. The first-order valence-electron chi connectivity index (χ1n) is 8.11. The molecule has 2 heterocycles. The number of hydrogen-bond acceptors (Lipinski definition) is 8. The van der Waals surface area contributed by atoms with Crippen LogP contribution in [-0.4, -0.2) is 30.8 Å². The lowest BCUT2D eigenvalue weighted by molar-refractivity contribution is 0.0992. The molecule has 0 bridgehead atoms. The van der Waals surface area contributed by atoms with Crippen molar-refractivity contribution in [2.75, 3.05) is 16.3 Å². The zero-order valence-electron chi connectivity index (χ0n) is 15.3. The van der Waals surface area contributed by atoms with Gasteiger partial charge in [-0.15, -0.1) is 10.2 Å². The molecule has 0 unspecified atom stereocenters. The summed E-state index contributed by atoms with van der Waals surface area (Å²) in [6.07, 6.45) is 0.997. The van der Waals surface area contributed by atoms with Gasteiger partial charge in [0.25, 0.3) is 5.91 Å². The molecular weight excluding hydrogens is 404 g/mol. The molecule has 2 aromatic heterocycles. The highest BCUT2D eigenvalue weighted by molar-refractivity contribution is 7.92. The fourth-order valence-electron chi connectivity index (χ4n) is 2.32. The van der Waals surface area contributed by atoms with E-state index in [1.807, 2.05) is 32.0 Å². The predicted octanol–water partition coefficient (Wildman–Crippen LogP) is 2.95. The van der Waals surface area contributed by atoms with Crippen LogP contribution in [-0.2, 0) is 16.6 Å². The van der Waals surface area contributed by atoms with Gasteiger partial charge in [0, 0.05) is 0 Å². The van der Waals surface area contributed by atoms with Crippen LogP contribution in [0.1, 0.15) is 27.4 Å². The predicted molar refractivity (Wildman–Crippen MR) is 105 cm³/mol. The number of aromatic nitrogens is 2. The summed E-state index contributed by atoms with van der Waals surface area (Å²) >= 11 is 0.889. The maximum Gasteiger partial charge on any atom is 0.293 e. The number of sulfonamides is 1. The molecule has 2 N–H and O–H groups in total. The van der Waals surface area contributed by atoms with Crippen LogP contribution >= 0.6 is 11.3 Å². The summed E-state index contributed by atoms with van der Waals surface area (Å²) in [5, 5.41) is 10.1. The largest absolute Gasteiger partial charge is 0.485 e. The van der Waals surface area contributed by atoms with Gasteiger partial charge in [-0.2, -0.15) is 0 Å². The Balaban J connectivity index is 1.59. The zero-order chi connectivity index (χ0) is 20.3. The number of carbonyl (C=O) groups is 1. The smallest absolute Gasteiger partial charge is 0.293 e. The summed E-state index contributed by atoms with van der Waals surface area (Å²) < 4.78 is 35.8. The number of hydrogen-bond donors (Lipinski definition) is 2. The van der Waals surface area contributed by atoms with Crippen LogP contribution in [0.15, 0.2) is 34.7 Å². The minimum atomic E-state index is -3.46. The number of furan rings is 1. The van der Waals surface area contributed by atoms with Gasteiger partial charge in [-0.25, -0.2) is 8.42 Å². The van der Waals surface area contributed by atoms with E-state index in [9.17, 15) is 13.2 Å². The standard InChI is InChI=1S/C17H18N4O5S2/c1-10-4-6-13(11(2)8-10)25-9-12-5-7-14(26-12)15(22)18-16-19-20-17(27-16)21-28(3,23)24/h4-8H,9H2,1-3H3,(H,20,21)(H,18,19,22). The average Bonchev–Trinajstić information content (AvgIpc) is 3.22. The Kier molecular flexibility index (Phi) is 5.66. The lowest BCUT2D eigenvalue weighted by Crippen LogP contribution is -2.10. The van der Waals surface area contributed by atoms with Crippen LogP contribution in [0.5, 0.6) is 5.75 Å². The number of rotatable bonds is 7. The van der Waals surface area contributed by atoms with Gasteiger partial charge in [-0.05, 0) is 37.6 Å². The van der Waals surface area contributed by atoms with Crippen molar-refractivity contribution in [3.05, 3.63) is 53.0 Å². The monoisotopic (exact) mass is 422 g/mol. The first-order chi connectivity index (χ1) is 13.2. The molecule has 11 heteroatoms. The summed E-state index contributed by atoms with van der Waals surface area (Å²) in [6, 6.07) is 9.03. The van der Waals surface area contributed by atoms with Crippen molar-refractivity contribution >= 4 is 37.5 Å². The Labute approximate surface area is 165 Å². The number of anilines is 2. The molecule has 148 valence electrons. The van der Waals surface area contributed by atoms with Crippen molar-refractivity contribution in [3.8, 4) is 5.75 Å². The molecule has 3 aromatic rings. The number of amides is 1. The molecule has 0 saturated heterocycles. The zero-order valence-corrected chi connectivity index (χ0v) is 17.0. The molecule has 0 aliphatic rings. The van der Waals surface area contributed by atoms with Gasteiger partial charge in [0.1, 0.15) is 18.1 Å². The summed E-state index contributed by atoms with van der Waals surface area (Å²) in [4.78, 5) is 12.2. The van der Waals surface area contributed by atoms with Crippen molar-refractivity contribution in [2.45, 2.75) is 20.5 Å². The fourth-order valence-corrected chi connectivity index (χ4v) is 3.79. The molecule has 28 heavy (non-hydrogen) atoms. The fraction of sp³-hybridized carbons (Fsp3) is 0.235. The quantitative estimate of drug-likeness (QED) is 0.600. The highest BCUT2D eigenvalue weighted by atomic mass is 32.2. The first-order valence-corrected chi connectivity index (χ1v) is 10.8. The van der Waals surface area contributed by atoms with Crippen LogP contribution in [0.3, 0.4) is 0 Å². The Morgan fingerprint density at radius 1 is 1.18 bits per heavy atom. The Morgan fingerprint density at radius 3 is 2.64 bits per heavy atom. The van der Waals surface area contributed by atoms with Crippen molar-refractivity contribution in [1.29, 1.82) is 0 Å². The van der Waals surface area contributed by atoms with E-state index in [0.29, 0.717) is 5.76 Å². The van der Waals surface area contributed by atoms with E-state index in [1.54, 1.807) is 6.07 Å². The van der Waals surface area contributed by atoms with E-state index in [-0.39, 0.29) is 22.6 Å². The molecule has 0 spiro atoms. The van der Waals surface area contributed by atoms with Gasteiger partial charge in [-0.3, -0.25) is 14.8 Å². The Bertz CT molecular complexity index is 1100. The lowest BCUT2D eigenvalue weighted by atomic mass is 10.1. The first kappa shape index (κ1) is 19.8. The highest BCUT2D eigenvalue weighted by Crippen LogP contribution is 2.23. The average molecular weight is 422 g/mol. The lowest BCUT2D eigenvalue weighted by Gasteiger charge is -2.08. The van der Waals surface area contributed by atoms with E-state index in [2.05, 4.69) is 20.2 Å². The number of aryl methyl sites for hydroxylation is 2. The third kappa shape index (κ3) is 5.30. The molecule has 1 aromatic carbocycles. The summed E-state index contributed by atoms with van der Waals surface area (Å²) in [5.41, 5.74) is 2.16. The van der Waals surface area contributed by atoms with Crippen LogP contribution in [0.25, 0.3) is 0 Å². The minimum Gasteiger partial charge on any atom is -0.485 e. The SMILES string of the molecule is Cc1ccc(OCc2ccc(C(=O)Nc3nnc(NS(C)(=O)=O)s3)o2)c(C)c1. The van der Waals surface area contributed by atoms with Gasteiger partial charge in [-0.1, -0.05) is 29.0 Å². The number of ether oxygens (including phenoxy) is 1. The van der Waals surface area contributed by atoms with Crippen LogP contribution in [0, 0.1) is 13.8 Å². The van der Waals surface area contributed by atoms with Crippen molar-refractivity contribution in [2.24, 2.45) is 0 Å². The maximum atomic E-state index is 12.2. The normalized spacial score (nSPS) is 11.2. The Hall–Kier alpha value is -2.92. The van der Waals surface area contributed by atoms with Gasteiger partial charge < -0.3 is 9.15 Å². The van der Waals surface area contributed by atoms with Crippen LogP contribution in [0.2, 0.25) is 0 Å². The third-order valence-electron chi connectivity index (χ3n) is 3.50. The molecule has 0 saturated carbocycles. The van der Waals surface area contributed by atoms with Crippen molar-refractivity contribution in [1.82, 2.24) is 10.2 Å². The molecule has 9 nitrogen and oxygen atoms in total. The minimum absolute atomic E-state index is 0.0554. The number of nitrogens with zero attached hydrogens (tertiary/aromatic N) is 2. The highest BCUT2D eigenvalue weighted by Gasteiger charge is 2.15.